The molecule has 0 aliphatic rings. The van der Waals surface area contributed by atoms with Gasteiger partial charge in [-0.25, -0.2) is 4.79 Å². The maximum atomic E-state index is 11.7. The largest absolute Gasteiger partial charge is 0.395 e. The van der Waals surface area contributed by atoms with Crippen molar-refractivity contribution < 1.29 is 9.90 Å². The first-order chi connectivity index (χ1) is 7.58. The molecule has 0 aliphatic heterocycles. The molecule has 2 N–H and O–H groups in total. The summed E-state index contributed by atoms with van der Waals surface area (Å²) in [4.78, 5) is 13.2. The molecule has 0 spiro atoms. The Hall–Kier alpha value is -1.56. The molecule has 0 unspecified atom stereocenters. The van der Waals surface area contributed by atoms with Gasteiger partial charge in [0.15, 0.2) is 5.82 Å². The first kappa shape index (κ1) is 12.5. The van der Waals surface area contributed by atoms with E-state index in [1.54, 1.807) is 10.7 Å². The number of aromatic nitrogens is 2. The van der Waals surface area contributed by atoms with Gasteiger partial charge in [0.05, 0.1) is 6.61 Å². The number of likely N-dealkylation sites (N-methyl/N-ethyl adjacent to an activating group) is 1. The molecule has 0 atom stereocenters. The molecule has 6 nitrogen and oxygen atoms in total. The lowest BCUT2D eigenvalue weighted by Gasteiger charge is -2.19. The third-order valence-corrected chi connectivity index (χ3v) is 2.39. The Morgan fingerprint density at radius 2 is 2.38 bits per heavy atom. The maximum absolute atomic E-state index is 11.7. The monoisotopic (exact) mass is 226 g/mol. The Morgan fingerprint density at radius 1 is 1.69 bits per heavy atom. The van der Waals surface area contributed by atoms with Gasteiger partial charge in [-0.05, 0) is 13.8 Å². The first-order valence-corrected chi connectivity index (χ1v) is 5.26. The van der Waals surface area contributed by atoms with Crippen LogP contribution >= 0.6 is 0 Å². The summed E-state index contributed by atoms with van der Waals surface area (Å²) in [7, 11) is 1.82. The number of aryl methyl sites for hydroxylation is 2. The second-order valence-electron chi connectivity index (χ2n) is 3.53. The van der Waals surface area contributed by atoms with E-state index in [1.807, 2.05) is 20.9 Å². The van der Waals surface area contributed by atoms with Gasteiger partial charge in [0.1, 0.15) is 0 Å². The van der Waals surface area contributed by atoms with E-state index in [4.69, 9.17) is 5.11 Å². The molecule has 1 rings (SSSR count). The molecule has 6 heteroatoms. The van der Waals surface area contributed by atoms with Gasteiger partial charge in [-0.1, -0.05) is 0 Å². The highest BCUT2D eigenvalue weighted by Crippen LogP contribution is 2.07. The number of amides is 2. The van der Waals surface area contributed by atoms with Crippen LogP contribution in [0.3, 0.4) is 0 Å². The summed E-state index contributed by atoms with van der Waals surface area (Å²) < 4.78 is 1.69. The molecule has 0 aromatic carbocycles. The molecule has 0 radical (unpaired) electrons. The highest BCUT2D eigenvalue weighted by Gasteiger charge is 2.12. The van der Waals surface area contributed by atoms with Crippen molar-refractivity contribution in [1.82, 2.24) is 14.7 Å². The third-order valence-electron chi connectivity index (χ3n) is 2.39. The molecule has 1 aromatic rings. The number of aliphatic hydroxyl groups is 1. The molecule has 1 heterocycles. The number of hydrogen-bond donors (Lipinski definition) is 2. The first-order valence-electron chi connectivity index (χ1n) is 5.26. The fraction of sp³-hybridized carbons (Fsp3) is 0.600. The van der Waals surface area contributed by atoms with E-state index in [0.717, 1.165) is 5.69 Å². The van der Waals surface area contributed by atoms with Gasteiger partial charge in [-0.15, -0.1) is 0 Å². The zero-order valence-corrected chi connectivity index (χ0v) is 9.90. The topological polar surface area (TPSA) is 70.4 Å². The van der Waals surface area contributed by atoms with Crippen molar-refractivity contribution in [2.75, 3.05) is 25.0 Å². The van der Waals surface area contributed by atoms with E-state index in [9.17, 15) is 4.79 Å². The van der Waals surface area contributed by atoms with E-state index in [2.05, 4.69) is 10.4 Å². The van der Waals surface area contributed by atoms with Gasteiger partial charge in [-0.2, -0.15) is 5.10 Å². The Labute approximate surface area is 94.9 Å². The van der Waals surface area contributed by atoms with Crippen molar-refractivity contribution in [3.05, 3.63) is 11.8 Å². The lowest BCUT2D eigenvalue weighted by molar-refractivity contribution is 0.192. The number of nitrogens with zero attached hydrogens (tertiary/aromatic N) is 3. The number of hydrogen-bond acceptors (Lipinski definition) is 3. The van der Waals surface area contributed by atoms with Crippen molar-refractivity contribution in [2.45, 2.75) is 13.8 Å². The number of carbonyl (C=O) groups is 1. The van der Waals surface area contributed by atoms with Gasteiger partial charge in [0.25, 0.3) is 0 Å². The molecule has 0 saturated carbocycles. The summed E-state index contributed by atoms with van der Waals surface area (Å²) in [5, 5.41) is 15.6. The standard InChI is InChI=1S/C10H18N4O2/c1-4-14(5-6-15)10(16)11-9-7-8(2)13(3)12-9/h7,15H,4-6H2,1-3H3,(H,11,12,16). The molecule has 0 fully saturated rings. The van der Waals surface area contributed by atoms with Gasteiger partial charge >= 0.3 is 6.03 Å². The summed E-state index contributed by atoms with van der Waals surface area (Å²) in [5.41, 5.74) is 0.973. The number of urea groups is 1. The van der Waals surface area contributed by atoms with Crippen LogP contribution in [-0.2, 0) is 7.05 Å². The summed E-state index contributed by atoms with van der Waals surface area (Å²) in [6, 6.07) is 1.56. The molecule has 90 valence electrons. The molecule has 16 heavy (non-hydrogen) atoms. The van der Waals surface area contributed by atoms with Gasteiger partial charge in [0.2, 0.25) is 0 Å². The number of carbonyl (C=O) groups excluding carboxylic acids is 1. The van der Waals surface area contributed by atoms with Crippen LogP contribution in [0, 0.1) is 6.92 Å². The van der Waals surface area contributed by atoms with Crippen LogP contribution in [0.2, 0.25) is 0 Å². The molecule has 1 aromatic heterocycles. The number of aliphatic hydroxyl groups excluding tert-OH is 1. The lowest BCUT2D eigenvalue weighted by Crippen LogP contribution is -2.36. The normalized spacial score (nSPS) is 10.2. The highest BCUT2D eigenvalue weighted by molar-refractivity contribution is 5.88. The molecule has 2 amide bonds. The van der Waals surface area contributed by atoms with Crippen LogP contribution in [0.1, 0.15) is 12.6 Å². The average Bonchev–Trinajstić information content (AvgIpc) is 2.54. The predicted octanol–water partition coefficient (Wildman–Crippen LogP) is 0.575. The molecule has 0 saturated heterocycles. The second kappa shape index (κ2) is 5.50. The molecular weight excluding hydrogens is 208 g/mol. The summed E-state index contributed by atoms with van der Waals surface area (Å²) >= 11 is 0. The SMILES string of the molecule is CCN(CCO)C(=O)Nc1cc(C)n(C)n1. The molecule has 0 aliphatic carbocycles. The van der Waals surface area contributed by atoms with Crippen LogP contribution in [0.4, 0.5) is 10.6 Å². The van der Waals surface area contributed by atoms with Crippen molar-refractivity contribution in [3.63, 3.8) is 0 Å². The molecular formula is C10H18N4O2. The van der Waals surface area contributed by atoms with E-state index in [0.29, 0.717) is 18.9 Å². The smallest absolute Gasteiger partial charge is 0.323 e. The van der Waals surface area contributed by atoms with Crippen molar-refractivity contribution in [3.8, 4) is 0 Å². The highest BCUT2D eigenvalue weighted by atomic mass is 16.3. The van der Waals surface area contributed by atoms with Crippen LogP contribution in [-0.4, -0.2) is 45.5 Å². The summed E-state index contributed by atoms with van der Waals surface area (Å²) in [6.07, 6.45) is 0. The Bertz CT molecular complexity index is 342. The van der Waals surface area contributed by atoms with Crippen LogP contribution < -0.4 is 5.32 Å². The zero-order chi connectivity index (χ0) is 12.1. The van der Waals surface area contributed by atoms with E-state index in [1.165, 1.54) is 4.90 Å². The minimum Gasteiger partial charge on any atom is -0.395 e. The fourth-order valence-electron chi connectivity index (χ4n) is 1.33. The summed E-state index contributed by atoms with van der Waals surface area (Å²) in [6.45, 7) is 4.61. The maximum Gasteiger partial charge on any atom is 0.323 e. The number of nitrogens with one attached hydrogen (secondary N) is 1. The van der Waals surface area contributed by atoms with Gasteiger partial charge in [0, 0.05) is 31.9 Å². The Kier molecular flexibility index (Phi) is 4.30. The Balaban J connectivity index is 2.62. The van der Waals surface area contributed by atoms with Crippen molar-refractivity contribution in [1.29, 1.82) is 0 Å². The summed E-state index contributed by atoms with van der Waals surface area (Å²) in [5.74, 6) is 0.529. The van der Waals surface area contributed by atoms with Gasteiger partial charge < -0.3 is 10.0 Å². The quantitative estimate of drug-likeness (QED) is 0.788. The third kappa shape index (κ3) is 2.96. The van der Waals surface area contributed by atoms with Crippen LogP contribution in [0.25, 0.3) is 0 Å². The van der Waals surface area contributed by atoms with Crippen molar-refractivity contribution in [2.24, 2.45) is 7.05 Å². The molecule has 0 bridgehead atoms. The van der Waals surface area contributed by atoms with E-state index >= 15 is 0 Å². The zero-order valence-electron chi connectivity index (χ0n) is 9.90. The Morgan fingerprint density at radius 3 is 2.81 bits per heavy atom. The lowest BCUT2D eigenvalue weighted by atomic mass is 10.4. The number of anilines is 1. The fourth-order valence-corrected chi connectivity index (χ4v) is 1.33. The van der Waals surface area contributed by atoms with Crippen LogP contribution in [0.15, 0.2) is 6.07 Å². The van der Waals surface area contributed by atoms with E-state index < -0.39 is 0 Å². The number of rotatable bonds is 4. The predicted molar refractivity (Wildman–Crippen MR) is 61.3 cm³/mol. The second-order valence-corrected chi connectivity index (χ2v) is 3.53. The van der Waals surface area contributed by atoms with Gasteiger partial charge in [-0.3, -0.25) is 10.00 Å². The van der Waals surface area contributed by atoms with Crippen LogP contribution in [0.5, 0.6) is 0 Å². The van der Waals surface area contributed by atoms with Crippen molar-refractivity contribution >= 4 is 11.8 Å². The minimum absolute atomic E-state index is 0.0392. The van der Waals surface area contributed by atoms with E-state index in [-0.39, 0.29) is 12.6 Å². The average molecular weight is 226 g/mol. The minimum atomic E-state index is -0.241.